The second-order valence-electron chi connectivity index (χ2n) is 15.5. The Labute approximate surface area is 336 Å². The third-order valence-corrected chi connectivity index (χ3v) is 11.1. The Hall–Kier alpha value is -4.73. The third kappa shape index (κ3) is 10.8. The van der Waals surface area contributed by atoms with Crippen LogP contribution in [-0.2, 0) is 41.6 Å². The summed E-state index contributed by atoms with van der Waals surface area (Å²) in [5, 5.41) is 0. The first-order valence-corrected chi connectivity index (χ1v) is 20.3. The van der Waals surface area contributed by atoms with Crippen molar-refractivity contribution in [1.82, 2.24) is 0 Å². The van der Waals surface area contributed by atoms with Gasteiger partial charge in [0.2, 0.25) is 0 Å². The zero-order chi connectivity index (χ0) is 38.7. The highest BCUT2D eigenvalue weighted by atomic mass is 16.6. The predicted molar refractivity (Wildman–Crippen MR) is 221 cm³/mol. The van der Waals surface area contributed by atoms with Crippen molar-refractivity contribution in [3.63, 3.8) is 0 Å². The monoisotopic (exact) mass is 764 g/mol. The molecule has 2 saturated heterocycles. The lowest BCUT2D eigenvalue weighted by molar-refractivity contribution is -0.139. The summed E-state index contributed by atoms with van der Waals surface area (Å²) >= 11 is 0. The van der Waals surface area contributed by atoms with Gasteiger partial charge in [-0.25, -0.2) is 0 Å². The molecule has 2 heterocycles. The molecule has 0 radical (unpaired) electrons. The molecule has 2 aliphatic carbocycles. The Kier molecular flexibility index (Phi) is 13.5. The van der Waals surface area contributed by atoms with Crippen molar-refractivity contribution in [3.05, 3.63) is 190 Å². The Morgan fingerprint density at radius 3 is 1.70 bits per heavy atom. The Morgan fingerprint density at radius 1 is 0.561 bits per heavy atom. The van der Waals surface area contributed by atoms with Crippen LogP contribution in [0.15, 0.2) is 157 Å². The third-order valence-electron chi connectivity index (χ3n) is 11.1. The zero-order valence-electron chi connectivity index (χ0n) is 32.5. The van der Waals surface area contributed by atoms with Crippen molar-refractivity contribution in [3.8, 4) is 0 Å². The quantitative estimate of drug-likeness (QED) is 0.112. The Bertz CT molecular complexity index is 2020. The van der Waals surface area contributed by atoms with Gasteiger partial charge in [0.25, 0.3) is 0 Å². The summed E-state index contributed by atoms with van der Waals surface area (Å²) in [5.41, 5.74) is 8.22. The number of hydrogen-bond donors (Lipinski definition) is 0. The maximum absolute atomic E-state index is 13.5. The van der Waals surface area contributed by atoms with E-state index >= 15 is 0 Å². The van der Waals surface area contributed by atoms with Gasteiger partial charge in [-0.15, -0.1) is 0 Å². The van der Waals surface area contributed by atoms with E-state index in [-0.39, 0.29) is 30.2 Å². The van der Waals surface area contributed by atoms with Crippen molar-refractivity contribution in [2.75, 3.05) is 39.6 Å². The molecular weight excluding hydrogens is 713 g/mol. The lowest BCUT2D eigenvalue weighted by Crippen LogP contribution is -2.34. The van der Waals surface area contributed by atoms with Crippen LogP contribution < -0.4 is 0 Å². The lowest BCUT2D eigenvalue weighted by atomic mass is 9.91. The van der Waals surface area contributed by atoms with E-state index in [1.807, 2.05) is 84.9 Å². The van der Waals surface area contributed by atoms with Crippen molar-refractivity contribution >= 4 is 5.78 Å². The van der Waals surface area contributed by atoms with Crippen LogP contribution in [0.3, 0.4) is 0 Å². The average molecular weight is 765 g/mol. The highest BCUT2D eigenvalue weighted by Crippen LogP contribution is 2.33. The smallest absolute Gasteiger partial charge is 0.193 e. The summed E-state index contributed by atoms with van der Waals surface area (Å²) in [6.07, 6.45) is 15.2. The normalized spacial score (nSPS) is 24.8. The number of allylic oxidation sites excluding steroid dienone is 4. The van der Waals surface area contributed by atoms with E-state index in [0.29, 0.717) is 75.8 Å². The molecule has 6 unspecified atom stereocenters. The van der Waals surface area contributed by atoms with Crippen LogP contribution in [0, 0.1) is 11.8 Å². The fourth-order valence-corrected chi connectivity index (χ4v) is 8.01. The van der Waals surface area contributed by atoms with Gasteiger partial charge >= 0.3 is 0 Å². The summed E-state index contributed by atoms with van der Waals surface area (Å²) in [6, 6.07) is 36.1. The molecule has 0 spiro atoms. The summed E-state index contributed by atoms with van der Waals surface area (Å²) in [4.78, 5) is 13.5. The fraction of sp³-hybridized carbons (Fsp3) is 0.340. The summed E-state index contributed by atoms with van der Waals surface area (Å²) < 4.78 is 37.3. The highest BCUT2D eigenvalue weighted by molar-refractivity contribution is 6.09. The molecule has 294 valence electrons. The highest BCUT2D eigenvalue weighted by Gasteiger charge is 2.30. The van der Waals surface area contributed by atoms with Gasteiger partial charge in [0, 0.05) is 23.0 Å². The standard InChI is InChI=1S/C50H52O7/c51-50(44-23-19-42(20-24-44)48-34-55-35-49(57-48)45-16-8-15-40(26-45)31-53-29-37-11-5-2-6-12-37)43-21-17-41(18-22-43)47-33-54-32-46(56-47)27-38-13-7-14-39(25-38)30-52-28-36-9-3-1-4-10-36/h1-24,39-40,46-49H,25-35H2. The first-order chi connectivity index (χ1) is 28.1. The number of rotatable bonds is 15. The zero-order valence-corrected chi connectivity index (χ0v) is 32.5. The van der Waals surface area contributed by atoms with Gasteiger partial charge in [-0.3, -0.25) is 4.79 Å². The summed E-state index contributed by atoms with van der Waals surface area (Å²) in [6.45, 7) is 4.65. The average Bonchev–Trinajstić information content (AvgIpc) is 3.27. The molecule has 57 heavy (non-hydrogen) atoms. The van der Waals surface area contributed by atoms with Gasteiger partial charge in [-0.2, -0.15) is 0 Å². The van der Waals surface area contributed by atoms with E-state index in [0.717, 1.165) is 30.4 Å². The van der Waals surface area contributed by atoms with Crippen LogP contribution in [0.25, 0.3) is 0 Å². The van der Waals surface area contributed by atoms with Crippen LogP contribution in [0.2, 0.25) is 0 Å². The van der Waals surface area contributed by atoms with Gasteiger partial charge < -0.3 is 28.4 Å². The molecule has 6 atom stereocenters. The van der Waals surface area contributed by atoms with Gasteiger partial charge in [0.1, 0.15) is 18.3 Å². The fourth-order valence-electron chi connectivity index (χ4n) is 8.01. The van der Waals surface area contributed by atoms with E-state index < -0.39 is 0 Å². The van der Waals surface area contributed by atoms with E-state index in [1.54, 1.807) is 0 Å². The number of ether oxygens (including phenoxy) is 6. The minimum atomic E-state index is -0.209. The van der Waals surface area contributed by atoms with E-state index in [9.17, 15) is 4.79 Å². The molecule has 0 N–H and O–H groups in total. The molecule has 8 rings (SSSR count). The van der Waals surface area contributed by atoms with Gasteiger partial charge in [0.15, 0.2) is 5.78 Å². The molecule has 7 heteroatoms. The number of benzene rings is 4. The molecule has 0 amide bonds. The molecule has 0 aromatic heterocycles. The van der Waals surface area contributed by atoms with Gasteiger partial charge in [-0.1, -0.05) is 151 Å². The van der Waals surface area contributed by atoms with Gasteiger partial charge in [0.05, 0.1) is 59.0 Å². The molecule has 4 aliphatic rings. The van der Waals surface area contributed by atoms with E-state index in [2.05, 4.69) is 60.7 Å². The summed E-state index contributed by atoms with van der Waals surface area (Å²) in [5.74, 6) is 0.624. The number of ketones is 1. The second-order valence-corrected chi connectivity index (χ2v) is 15.5. The summed E-state index contributed by atoms with van der Waals surface area (Å²) in [7, 11) is 0. The maximum Gasteiger partial charge on any atom is 0.193 e. The first kappa shape index (κ1) is 39.1. The van der Waals surface area contributed by atoms with Crippen molar-refractivity contribution in [2.45, 2.75) is 56.9 Å². The Morgan fingerprint density at radius 2 is 1.09 bits per heavy atom. The van der Waals surface area contributed by atoms with E-state index in [4.69, 9.17) is 28.4 Å². The number of hydrogen-bond acceptors (Lipinski definition) is 7. The van der Waals surface area contributed by atoms with Crippen molar-refractivity contribution in [1.29, 1.82) is 0 Å². The molecule has 0 bridgehead atoms. The van der Waals surface area contributed by atoms with Crippen LogP contribution >= 0.6 is 0 Å². The maximum atomic E-state index is 13.5. The van der Waals surface area contributed by atoms with Crippen LogP contribution in [-0.4, -0.2) is 57.6 Å². The van der Waals surface area contributed by atoms with E-state index in [1.165, 1.54) is 22.3 Å². The molecule has 0 saturated carbocycles. The minimum Gasteiger partial charge on any atom is -0.376 e. The van der Waals surface area contributed by atoms with Crippen molar-refractivity contribution in [2.24, 2.45) is 11.8 Å². The largest absolute Gasteiger partial charge is 0.376 e. The van der Waals surface area contributed by atoms with Crippen molar-refractivity contribution < 1.29 is 33.2 Å². The first-order valence-electron chi connectivity index (χ1n) is 20.3. The molecule has 2 aliphatic heterocycles. The molecule has 2 fully saturated rings. The van der Waals surface area contributed by atoms with Gasteiger partial charge in [-0.05, 0) is 47.1 Å². The molecule has 7 nitrogen and oxygen atoms in total. The predicted octanol–water partition coefficient (Wildman–Crippen LogP) is 9.66. The number of carbonyl (C=O) groups is 1. The van der Waals surface area contributed by atoms with Crippen LogP contribution in [0.4, 0.5) is 0 Å². The molecular formula is C50H52O7. The second kappa shape index (κ2) is 19.6. The minimum absolute atomic E-state index is 0.0234. The Balaban J connectivity index is 0.795. The molecule has 4 aromatic carbocycles. The SMILES string of the molecule is O=C(c1ccc(C2COCC(CC3=CC=CC(COCc4ccccc4)C3)O2)cc1)c1ccc(C2COCC(C3=CC=CC(COCc4ccccc4)C3)O2)cc1. The lowest BCUT2D eigenvalue weighted by Gasteiger charge is -2.33. The number of carbonyl (C=O) groups excluding carboxylic acids is 1. The molecule has 4 aromatic rings. The topological polar surface area (TPSA) is 72.5 Å². The van der Waals surface area contributed by atoms with Crippen LogP contribution in [0.1, 0.15) is 69.6 Å². The van der Waals surface area contributed by atoms with Crippen LogP contribution in [0.5, 0.6) is 0 Å².